The standard InChI is InChI=1S/C26H35N5O3/c1-6-31-23(16(2)3)15-22(28-31)25-27-24(29-34-25)20-13-17(4)21(18(5)14-20)9-12-30-10-7-19(8-11-30)26(32)33/h13-16,19H,6-12H2,1-5H3,(H,32,33). The molecule has 0 spiro atoms. The van der Waals surface area contributed by atoms with E-state index in [2.05, 4.69) is 66.9 Å². The Balaban J connectivity index is 1.46. The van der Waals surface area contributed by atoms with Crippen LogP contribution in [0.1, 0.15) is 61.9 Å². The smallest absolute Gasteiger partial charge is 0.306 e. The van der Waals surface area contributed by atoms with Crippen LogP contribution < -0.4 is 0 Å². The number of aliphatic carboxylic acids is 1. The molecule has 34 heavy (non-hydrogen) atoms. The second-order valence-corrected chi connectivity index (χ2v) is 9.64. The van der Waals surface area contributed by atoms with Gasteiger partial charge in [-0.2, -0.15) is 10.1 Å². The molecule has 3 aromatic rings. The van der Waals surface area contributed by atoms with Gasteiger partial charge in [-0.25, -0.2) is 0 Å². The lowest BCUT2D eigenvalue weighted by Crippen LogP contribution is -2.37. The van der Waals surface area contributed by atoms with Crippen LogP contribution in [0.4, 0.5) is 0 Å². The third-order valence-electron chi connectivity index (χ3n) is 6.92. The van der Waals surface area contributed by atoms with E-state index in [1.807, 2.05) is 10.7 Å². The first-order chi connectivity index (χ1) is 16.3. The fourth-order valence-corrected chi connectivity index (χ4v) is 4.89. The van der Waals surface area contributed by atoms with Gasteiger partial charge in [0.15, 0.2) is 5.69 Å². The van der Waals surface area contributed by atoms with Crippen LogP contribution in [-0.4, -0.2) is 55.5 Å². The Morgan fingerprint density at radius 2 is 1.85 bits per heavy atom. The van der Waals surface area contributed by atoms with Crippen molar-refractivity contribution >= 4 is 5.97 Å². The van der Waals surface area contributed by atoms with E-state index in [0.717, 1.165) is 56.7 Å². The van der Waals surface area contributed by atoms with E-state index >= 15 is 0 Å². The van der Waals surface area contributed by atoms with Crippen molar-refractivity contribution in [1.29, 1.82) is 0 Å². The maximum Gasteiger partial charge on any atom is 0.306 e. The summed E-state index contributed by atoms with van der Waals surface area (Å²) >= 11 is 0. The molecule has 8 heteroatoms. The second kappa shape index (κ2) is 10.1. The lowest BCUT2D eigenvalue weighted by atomic mass is 9.94. The molecule has 182 valence electrons. The van der Waals surface area contributed by atoms with Gasteiger partial charge >= 0.3 is 5.97 Å². The Hall–Kier alpha value is -3.00. The molecule has 1 aromatic carbocycles. The van der Waals surface area contributed by atoms with Crippen LogP contribution in [0.5, 0.6) is 0 Å². The zero-order valence-corrected chi connectivity index (χ0v) is 20.8. The number of hydrogen-bond donors (Lipinski definition) is 1. The highest BCUT2D eigenvalue weighted by molar-refractivity contribution is 5.70. The van der Waals surface area contributed by atoms with Crippen LogP contribution in [0.15, 0.2) is 22.7 Å². The largest absolute Gasteiger partial charge is 0.481 e. The summed E-state index contributed by atoms with van der Waals surface area (Å²) in [5.74, 6) is 0.524. The first kappa shape index (κ1) is 24.1. The molecule has 1 fully saturated rings. The van der Waals surface area contributed by atoms with E-state index < -0.39 is 5.97 Å². The fourth-order valence-electron chi connectivity index (χ4n) is 4.89. The topological polar surface area (TPSA) is 97.3 Å². The van der Waals surface area contributed by atoms with Crippen LogP contribution in [0, 0.1) is 19.8 Å². The molecule has 0 aliphatic carbocycles. The number of rotatable bonds is 8. The van der Waals surface area contributed by atoms with E-state index in [0.29, 0.717) is 23.3 Å². The van der Waals surface area contributed by atoms with Crippen molar-refractivity contribution in [3.63, 3.8) is 0 Å². The highest BCUT2D eigenvalue weighted by Gasteiger charge is 2.24. The molecule has 3 heterocycles. The lowest BCUT2D eigenvalue weighted by Gasteiger charge is -2.30. The van der Waals surface area contributed by atoms with Crippen LogP contribution in [0.3, 0.4) is 0 Å². The highest BCUT2D eigenvalue weighted by Crippen LogP contribution is 2.28. The molecule has 1 aliphatic heterocycles. The van der Waals surface area contributed by atoms with Crippen molar-refractivity contribution in [3.05, 3.63) is 40.6 Å². The van der Waals surface area contributed by atoms with Crippen molar-refractivity contribution in [2.45, 2.75) is 66.3 Å². The maximum absolute atomic E-state index is 11.2. The van der Waals surface area contributed by atoms with Crippen LogP contribution in [-0.2, 0) is 17.8 Å². The van der Waals surface area contributed by atoms with Gasteiger partial charge in [0.2, 0.25) is 5.82 Å². The Morgan fingerprint density at radius 1 is 1.18 bits per heavy atom. The Bertz CT molecular complexity index is 1130. The normalized spacial score (nSPS) is 15.4. The number of carboxylic acids is 1. The molecule has 2 aromatic heterocycles. The zero-order chi connectivity index (χ0) is 24.4. The van der Waals surface area contributed by atoms with Crippen LogP contribution >= 0.6 is 0 Å². The van der Waals surface area contributed by atoms with Gasteiger partial charge in [-0.1, -0.05) is 19.0 Å². The van der Waals surface area contributed by atoms with E-state index in [1.54, 1.807) is 0 Å². The number of carbonyl (C=O) groups is 1. The summed E-state index contributed by atoms with van der Waals surface area (Å²) in [4.78, 5) is 18.2. The maximum atomic E-state index is 11.2. The molecule has 0 saturated carbocycles. The van der Waals surface area contributed by atoms with Crippen LogP contribution in [0.2, 0.25) is 0 Å². The van der Waals surface area contributed by atoms with Gasteiger partial charge in [-0.15, -0.1) is 0 Å². The van der Waals surface area contributed by atoms with Gasteiger partial charge in [-0.05, 0) is 93.9 Å². The van der Waals surface area contributed by atoms with Gasteiger partial charge in [-0.3, -0.25) is 9.48 Å². The lowest BCUT2D eigenvalue weighted by molar-refractivity contribution is -0.143. The van der Waals surface area contributed by atoms with Crippen molar-refractivity contribution < 1.29 is 14.4 Å². The molecule has 0 amide bonds. The van der Waals surface area contributed by atoms with E-state index in [1.165, 1.54) is 16.7 Å². The van der Waals surface area contributed by atoms with E-state index in [9.17, 15) is 9.90 Å². The average Bonchev–Trinajstić information content (AvgIpc) is 3.46. The number of benzene rings is 1. The third kappa shape index (κ3) is 5.06. The third-order valence-corrected chi connectivity index (χ3v) is 6.92. The number of piperidine rings is 1. The SMILES string of the molecule is CCn1nc(-c2nc(-c3cc(C)c(CCN4CCC(C(=O)O)CC4)c(C)c3)no2)cc1C(C)C. The second-order valence-electron chi connectivity index (χ2n) is 9.64. The molecule has 0 atom stereocenters. The average molecular weight is 466 g/mol. The molecular weight excluding hydrogens is 430 g/mol. The molecule has 1 aliphatic rings. The first-order valence-electron chi connectivity index (χ1n) is 12.2. The van der Waals surface area contributed by atoms with Crippen LogP contribution in [0.25, 0.3) is 23.0 Å². The summed E-state index contributed by atoms with van der Waals surface area (Å²) in [6.45, 7) is 14.1. The fraction of sp³-hybridized carbons (Fsp3) is 0.538. The zero-order valence-electron chi connectivity index (χ0n) is 20.8. The summed E-state index contributed by atoms with van der Waals surface area (Å²) in [6.07, 6.45) is 2.42. The molecule has 4 rings (SSSR count). The van der Waals surface area contributed by atoms with E-state index in [4.69, 9.17) is 4.52 Å². The molecule has 1 N–H and O–H groups in total. The summed E-state index contributed by atoms with van der Waals surface area (Å²) in [7, 11) is 0. The number of aryl methyl sites for hydroxylation is 3. The molecule has 0 bridgehead atoms. The minimum Gasteiger partial charge on any atom is -0.481 e. The molecule has 1 saturated heterocycles. The molecule has 8 nitrogen and oxygen atoms in total. The summed E-state index contributed by atoms with van der Waals surface area (Å²) in [6, 6.07) is 6.28. The molecule has 0 radical (unpaired) electrons. The van der Waals surface area contributed by atoms with Crippen molar-refractivity contribution in [2.75, 3.05) is 19.6 Å². The predicted octanol–water partition coefficient (Wildman–Crippen LogP) is 4.70. The summed E-state index contributed by atoms with van der Waals surface area (Å²) in [5, 5.41) is 18.1. The van der Waals surface area contributed by atoms with E-state index in [-0.39, 0.29) is 5.92 Å². The van der Waals surface area contributed by atoms with Gasteiger partial charge < -0.3 is 14.5 Å². The number of hydrogen-bond acceptors (Lipinski definition) is 6. The monoisotopic (exact) mass is 465 g/mol. The summed E-state index contributed by atoms with van der Waals surface area (Å²) in [5.41, 5.74) is 6.55. The molecular formula is C26H35N5O3. The summed E-state index contributed by atoms with van der Waals surface area (Å²) < 4.78 is 7.56. The number of nitrogens with zero attached hydrogens (tertiary/aromatic N) is 5. The van der Waals surface area contributed by atoms with Gasteiger partial charge in [0.05, 0.1) is 5.92 Å². The van der Waals surface area contributed by atoms with Crippen molar-refractivity contribution in [3.8, 4) is 23.0 Å². The number of aromatic nitrogens is 4. The van der Waals surface area contributed by atoms with Gasteiger partial charge in [0.1, 0.15) is 0 Å². The quantitative estimate of drug-likeness (QED) is 0.515. The minimum atomic E-state index is -0.661. The van der Waals surface area contributed by atoms with Gasteiger partial charge in [0.25, 0.3) is 5.89 Å². The first-order valence-corrected chi connectivity index (χ1v) is 12.2. The minimum absolute atomic E-state index is 0.188. The van der Waals surface area contributed by atoms with Crippen molar-refractivity contribution in [1.82, 2.24) is 24.8 Å². The highest BCUT2D eigenvalue weighted by atomic mass is 16.5. The number of carboxylic acid groups (broad SMARTS) is 1. The Labute approximate surface area is 201 Å². The Morgan fingerprint density at radius 3 is 2.41 bits per heavy atom. The van der Waals surface area contributed by atoms with Gasteiger partial charge in [0, 0.05) is 24.3 Å². The Kier molecular flexibility index (Phi) is 7.16. The predicted molar refractivity (Wildman–Crippen MR) is 131 cm³/mol. The number of likely N-dealkylation sites (tertiary alicyclic amines) is 1. The molecule has 0 unspecified atom stereocenters. The van der Waals surface area contributed by atoms with Crippen molar-refractivity contribution in [2.24, 2.45) is 5.92 Å².